The fraction of sp³-hybridized carbons (Fsp3) is 0.524. The summed E-state index contributed by atoms with van der Waals surface area (Å²) < 4.78 is 17.9. The van der Waals surface area contributed by atoms with Gasteiger partial charge >= 0.3 is 5.97 Å². The van der Waals surface area contributed by atoms with E-state index in [-0.39, 0.29) is 30.2 Å². The van der Waals surface area contributed by atoms with Crippen LogP contribution in [0.25, 0.3) is 6.08 Å². The number of benzene rings is 1. The highest BCUT2D eigenvalue weighted by molar-refractivity contribution is 6.06. The van der Waals surface area contributed by atoms with Crippen molar-refractivity contribution >= 4 is 17.8 Å². The maximum Gasteiger partial charge on any atom is 0.311 e. The summed E-state index contributed by atoms with van der Waals surface area (Å²) in [4.78, 5) is 25.1. The number of ketones is 1. The Labute approximate surface area is 153 Å². The summed E-state index contributed by atoms with van der Waals surface area (Å²) in [7, 11) is 0. The van der Waals surface area contributed by atoms with E-state index < -0.39 is 5.60 Å². The Bertz CT molecular complexity index is 834. The van der Waals surface area contributed by atoms with Crippen molar-refractivity contribution in [2.24, 2.45) is 0 Å². The number of carbonyl (C=O) groups excluding carboxylic acids is 2. The lowest BCUT2D eigenvalue weighted by Crippen LogP contribution is -2.33. The van der Waals surface area contributed by atoms with Gasteiger partial charge in [0.05, 0.1) is 12.0 Å². The molecule has 0 spiro atoms. The molecule has 0 amide bonds. The Balaban J connectivity index is 2.03. The highest BCUT2D eigenvalue weighted by Gasteiger charge is 2.42. The van der Waals surface area contributed by atoms with Gasteiger partial charge in [0.15, 0.2) is 11.5 Å². The zero-order valence-electron chi connectivity index (χ0n) is 15.7. The Hall–Kier alpha value is -2.30. The number of ether oxygens (including phenoxy) is 3. The lowest BCUT2D eigenvalue weighted by atomic mass is 9.82. The summed E-state index contributed by atoms with van der Waals surface area (Å²) in [5.41, 5.74) is 1.57. The van der Waals surface area contributed by atoms with Crippen molar-refractivity contribution in [3.63, 3.8) is 0 Å². The lowest BCUT2D eigenvalue weighted by Gasteiger charge is -2.37. The molecule has 0 aliphatic carbocycles. The summed E-state index contributed by atoms with van der Waals surface area (Å²) in [5, 5.41) is 0. The monoisotopic (exact) mass is 356 g/mol. The minimum absolute atomic E-state index is 0.00949. The van der Waals surface area contributed by atoms with Crippen LogP contribution < -0.4 is 14.2 Å². The van der Waals surface area contributed by atoms with Crippen molar-refractivity contribution in [1.29, 1.82) is 0 Å². The Kier molecular flexibility index (Phi) is 3.86. The Morgan fingerprint density at radius 1 is 1.15 bits per heavy atom. The molecule has 26 heavy (non-hydrogen) atoms. The van der Waals surface area contributed by atoms with Crippen molar-refractivity contribution in [3.8, 4) is 17.2 Å². The highest BCUT2D eigenvalue weighted by Crippen LogP contribution is 2.54. The first-order valence-corrected chi connectivity index (χ1v) is 9.33. The summed E-state index contributed by atoms with van der Waals surface area (Å²) in [6.07, 6.45) is 6.10. The first-order valence-electron chi connectivity index (χ1n) is 9.33. The van der Waals surface area contributed by atoms with Crippen molar-refractivity contribution in [1.82, 2.24) is 0 Å². The Morgan fingerprint density at radius 3 is 2.65 bits per heavy atom. The minimum Gasteiger partial charge on any atom is -0.489 e. The number of Topliss-reactive ketones (excluding diaryl/α,β-unsaturated/α-hetero) is 1. The van der Waals surface area contributed by atoms with E-state index in [4.69, 9.17) is 14.2 Å². The fourth-order valence-corrected chi connectivity index (χ4v) is 4.08. The number of carbonyl (C=O) groups is 2. The molecule has 5 nitrogen and oxygen atoms in total. The maximum absolute atomic E-state index is 12.8. The van der Waals surface area contributed by atoms with E-state index in [0.717, 1.165) is 24.0 Å². The molecule has 3 aliphatic rings. The summed E-state index contributed by atoms with van der Waals surface area (Å²) in [6.45, 7) is 7.92. The van der Waals surface area contributed by atoms with Crippen molar-refractivity contribution < 1.29 is 23.8 Å². The molecule has 0 N–H and O–H groups in total. The van der Waals surface area contributed by atoms with Crippen LogP contribution in [-0.4, -0.2) is 23.5 Å². The molecule has 2 atom stereocenters. The first-order chi connectivity index (χ1) is 12.3. The molecule has 0 fully saturated rings. The SMILES string of the molecule is CCCC1CC(=O)Oc2c3c(c4c(c21)OC(C)(C)C=C4)OC(C)CC3=O. The molecule has 0 saturated carbocycles. The van der Waals surface area contributed by atoms with Gasteiger partial charge in [-0.1, -0.05) is 13.3 Å². The van der Waals surface area contributed by atoms with Gasteiger partial charge in [0.2, 0.25) is 0 Å². The summed E-state index contributed by atoms with van der Waals surface area (Å²) in [5.74, 6) is 1.19. The van der Waals surface area contributed by atoms with Gasteiger partial charge in [0, 0.05) is 17.9 Å². The summed E-state index contributed by atoms with van der Waals surface area (Å²) >= 11 is 0. The van der Waals surface area contributed by atoms with Crippen LogP contribution >= 0.6 is 0 Å². The molecule has 0 aromatic heterocycles. The molecule has 0 radical (unpaired) electrons. The predicted octanol–water partition coefficient (Wildman–Crippen LogP) is 4.42. The maximum atomic E-state index is 12.8. The van der Waals surface area contributed by atoms with Gasteiger partial charge in [-0.15, -0.1) is 0 Å². The van der Waals surface area contributed by atoms with E-state index in [0.29, 0.717) is 29.2 Å². The van der Waals surface area contributed by atoms with E-state index in [2.05, 4.69) is 6.92 Å². The normalized spacial score (nSPS) is 25.4. The van der Waals surface area contributed by atoms with Crippen LogP contribution in [0.3, 0.4) is 0 Å². The molecule has 138 valence electrons. The molecule has 1 aromatic rings. The average Bonchev–Trinajstić information content (AvgIpc) is 2.52. The first kappa shape index (κ1) is 17.1. The Morgan fingerprint density at radius 2 is 1.92 bits per heavy atom. The fourth-order valence-electron chi connectivity index (χ4n) is 4.08. The topological polar surface area (TPSA) is 61.8 Å². The van der Waals surface area contributed by atoms with Crippen LogP contribution in [0.2, 0.25) is 0 Å². The van der Waals surface area contributed by atoms with Crippen molar-refractivity contribution in [2.75, 3.05) is 0 Å². The molecule has 2 unspecified atom stereocenters. The van der Waals surface area contributed by atoms with E-state index in [1.165, 1.54) is 0 Å². The van der Waals surface area contributed by atoms with Gasteiger partial charge in [-0.25, -0.2) is 0 Å². The molecule has 3 heterocycles. The van der Waals surface area contributed by atoms with E-state index >= 15 is 0 Å². The van der Waals surface area contributed by atoms with Crippen molar-refractivity contribution in [3.05, 3.63) is 22.8 Å². The molecular weight excluding hydrogens is 332 g/mol. The molecule has 5 heteroatoms. The van der Waals surface area contributed by atoms with Crippen LogP contribution in [0, 0.1) is 0 Å². The van der Waals surface area contributed by atoms with E-state index in [9.17, 15) is 9.59 Å². The molecular formula is C21H24O5. The minimum atomic E-state index is -0.475. The van der Waals surface area contributed by atoms with Crippen LogP contribution in [-0.2, 0) is 4.79 Å². The lowest BCUT2D eigenvalue weighted by molar-refractivity contribution is -0.136. The number of rotatable bonds is 2. The second-order valence-electron chi connectivity index (χ2n) is 7.95. The zero-order chi connectivity index (χ0) is 18.6. The number of hydrogen-bond acceptors (Lipinski definition) is 5. The van der Waals surface area contributed by atoms with E-state index in [1.54, 1.807) is 0 Å². The molecule has 0 saturated heterocycles. The third kappa shape index (κ3) is 2.61. The zero-order valence-corrected chi connectivity index (χ0v) is 15.7. The molecule has 0 bridgehead atoms. The average molecular weight is 356 g/mol. The quantitative estimate of drug-likeness (QED) is 0.580. The highest BCUT2D eigenvalue weighted by atomic mass is 16.5. The second-order valence-corrected chi connectivity index (χ2v) is 7.95. The number of fused-ring (bicyclic) bond motifs is 6. The largest absolute Gasteiger partial charge is 0.489 e. The van der Waals surface area contributed by atoms with Crippen LogP contribution in [0.1, 0.15) is 80.8 Å². The standard InChI is InChI=1S/C21H24O5/c1-5-6-12-10-15(23)25-20-16(12)19-13(7-8-21(3,4)26-19)18-17(20)14(22)9-11(2)24-18/h7-8,11-12H,5-6,9-10H2,1-4H3. The van der Waals surface area contributed by atoms with Crippen LogP contribution in [0.15, 0.2) is 6.08 Å². The second kappa shape index (κ2) is 5.86. The van der Waals surface area contributed by atoms with Crippen LogP contribution in [0.5, 0.6) is 17.2 Å². The van der Waals surface area contributed by atoms with Crippen LogP contribution in [0.4, 0.5) is 0 Å². The third-order valence-electron chi connectivity index (χ3n) is 5.19. The smallest absolute Gasteiger partial charge is 0.311 e. The molecule has 3 aliphatic heterocycles. The van der Waals surface area contributed by atoms with Gasteiger partial charge in [-0.05, 0) is 39.3 Å². The predicted molar refractivity (Wildman–Crippen MR) is 97.1 cm³/mol. The third-order valence-corrected chi connectivity index (χ3v) is 5.19. The van der Waals surface area contributed by atoms with Crippen molar-refractivity contribution in [2.45, 2.75) is 71.0 Å². The van der Waals surface area contributed by atoms with E-state index in [1.807, 2.05) is 32.9 Å². The summed E-state index contributed by atoms with van der Waals surface area (Å²) in [6, 6.07) is 0. The number of hydrogen-bond donors (Lipinski definition) is 0. The van der Waals surface area contributed by atoms with Gasteiger partial charge in [-0.2, -0.15) is 0 Å². The van der Waals surface area contributed by atoms with Gasteiger partial charge < -0.3 is 14.2 Å². The molecule has 4 rings (SSSR count). The van der Waals surface area contributed by atoms with Gasteiger partial charge in [0.25, 0.3) is 0 Å². The molecule has 1 aromatic carbocycles. The van der Waals surface area contributed by atoms with Gasteiger partial charge in [-0.3, -0.25) is 9.59 Å². The number of esters is 1. The van der Waals surface area contributed by atoms with Gasteiger partial charge in [0.1, 0.15) is 28.8 Å².